The highest BCUT2D eigenvalue weighted by Crippen LogP contribution is 2.14. The number of halogens is 1. The number of hydrogen-bond acceptors (Lipinski definition) is 4. The van der Waals surface area contributed by atoms with E-state index in [4.69, 9.17) is 11.6 Å². The molecule has 0 aliphatic carbocycles. The standard InChI is InChI=1S/C14H13ClN2O3/c1-3-9-8-17(11-6-4-5-10(15)7-11)16-12(13(9)18)14(19)20-2/h4-8H,3H2,1-2H3. The van der Waals surface area contributed by atoms with Crippen LogP contribution in [0.2, 0.25) is 5.02 Å². The quantitative estimate of drug-likeness (QED) is 0.814. The summed E-state index contributed by atoms with van der Waals surface area (Å²) in [6, 6.07) is 6.97. The second-order valence-electron chi connectivity index (χ2n) is 4.10. The number of aromatic nitrogens is 2. The van der Waals surface area contributed by atoms with E-state index in [1.807, 2.05) is 6.92 Å². The van der Waals surface area contributed by atoms with Crippen LogP contribution in [0, 0.1) is 0 Å². The van der Waals surface area contributed by atoms with Crippen LogP contribution in [0.25, 0.3) is 5.69 Å². The number of nitrogens with zero attached hydrogens (tertiary/aromatic N) is 2. The molecule has 0 fully saturated rings. The van der Waals surface area contributed by atoms with Gasteiger partial charge in [-0.3, -0.25) is 4.79 Å². The molecule has 0 aliphatic rings. The molecule has 1 aromatic heterocycles. The van der Waals surface area contributed by atoms with Crippen LogP contribution in [-0.2, 0) is 11.2 Å². The van der Waals surface area contributed by atoms with Gasteiger partial charge in [-0.25, -0.2) is 9.48 Å². The monoisotopic (exact) mass is 292 g/mol. The molecule has 20 heavy (non-hydrogen) atoms. The molecule has 0 saturated carbocycles. The third-order valence-electron chi connectivity index (χ3n) is 2.82. The van der Waals surface area contributed by atoms with Crippen molar-refractivity contribution in [2.24, 2.45) is 0 Å². The van der Waals surface area contributed by atoms with E-state index in [0.29, 0.717) is 22.7 Å². The first-order valence-corrected chi connectivity index (χ1v) is 6.41. The fourth-order valence-electron chi connectivity index (χ4n) is 1.77. The summed E-state index contributed by atoms with van der Waals surface area (Å²) in [5.74, 6) is -0.749. The lowest BCUT2D eigenvalue weighted by molar-refractivity contribution is 0.0590. The third-order valence-corrected chi connectivity index (χ3v) is 3.06. The summed E-state index contributed by atoms with van der Waals surface area (Å²) in [6.45, 7) is 1.83. The van der Waals surface area contributed by atoms with Crippen molar-refractivity contribution in [2.45, 2.75) is 13.3 Å². The molecule has 2 rings (SSSR count). The SMILES string of the molecule is CCc1cn(-c2cccc(Cl)c2)nc(C(=O)OC)c1=O. The number of rotatable bonds is 3. The molecule has 1 heterocycles. The Hall–Kier alpha value is -2.14. The van der Waals surface area contributed by atoms with Gasteiger partial charge in [-0.1, -0.05) is 24.6 Å². The molecule has 0 amide bonds. The summed E-state index contributed by atoms with van der Waals surface area (Å²) >= 11 is 5.93. The van der Waals surface area contributed by atoms with E-state index < -0.39 is 11.4 Å². The zero-order chi connectivity index (χ0) is 14.7. The molecule has 0 radical (unpaired) electrons. The number of hydrogen-bond donors (Lipinski definition) is 0. The zero-order valence-electron chi connectivity index (χ0n) is 11.1. The van der Waals surface area contributed by atoms with Crippen LogP contribution in [0.5, 0.6) is 0 Å². The minimum absolute atomic E-state index is 0.230. The highest BCUT2D eigenvalue weighted by molar-refractivity contribution is 6.30. The topological polar surface area (TPSA) is 61.2 Å². The Kier molecular flexibility index (Phi) is 4.20. The van der Waals surface area contributed by atoms with Gasteiger partial charge in [0.2, 0.25) is 11.1 Å². The van der Waals surface area contributed by atoms with Crippen LogP contribution in [0.4, 0.5) is 0 Å². The van der Waals surface area contributed by atoms with Gasteiger partial charge in [-0.2, -0.15) is 5.10 Å². The Bertz CT molecular complexity index is 710. The smallest absolute Gasteiger partial charge is 0.362 e. The Labute approximate surface area is 120 Å². The Morgan fingerprint density at radius 2 is 2.20 bits per heavy atom. The maximum absolute atomic E-state index is 12.0. The number of benzene rings is 1. The molecule has 0 atom stereocenters. The molecule has 0 spiro atoms. The van der Waals surface area contributed by atoms with E-state index in [9.17, 15) is 9.59 Å². The largest absolute Gasteiger partial charge is 0.464 e. The first-order valence-electron chi connectivity index (χ1n) is 6.04. The molecule has 0 saturated heterocycles. The van der Waals surface area contributed by atoms with E-state index in [2.05, 4.69) is 9.84 Å². The van der Waals surface area contributed by atoms with Gasteiger partial charge in [0.1, 0.15) is 0 Å². The maximum Gasteiger partial charge on any atom is 0.362 e. The summed E-state index contributed by atoms with van der Waals surface area (Å²) in [5.41, 5.74) is 0.516. The fourth-order valence-corrected chi connectivity index (χ4v) is 1.96. The minimum Gasteiger partial charge on any atom is -0.464 e. The molecule has 5 nitrogen and oxygen atoms in total. The van der Waals surface area contributed by atoms with Crippen molar-refractivity contribution in [3.63, 3.8) is 0 Å². The second-order valence-corrected chi connectivity index (χ2v) is 4.54. The van der Waals surface area contributed by atoms with Crippen LogP contribution in [-0.4, -0.2) is 22.9 Å². The number of carbonyl (C=O) groups excluding carboxylic acids is 1. The van der Waals surface area contributed by atoms with Crippen molar-refractivity contribution in [1.29, 1.82) is 0 Å². The Balaban J connectivity index is 2.66. The van der Waals surface area contributed by atoms with Crippen molar-refractivity contribution in [2.75, 3.05) is 7.11 Å². The van der Waals surface area contributed by atoms with Gasteiger partial charge in [-0.15, -0.1) is 0 Å². The number of ether oxygens (including phenoxy) is 1. The molecule has 0 unspecified atom stereocenters. The molecular weight excluding hydrogens is 280 g/mol. The van der Waals surface area contributed by atoms with Crippen molar-refractivity contribution < 1.29 is 9.53 Å². The van der Waals surface area contributed by atoms with Gasteiger partial charge in [0.05, 0.1) is 12.8 Å². The average molecular weight is 293 g/mol. The summed E-state index contributed by atoms with van der Waals surface area (Å²) in [6.07, 6.45) is 2.09. The molecule has 0 N–H and O–H groups in total. The predicted octanol–water partition coefficient (Wildman–Crippen LogP) is 2.23. The zero-order valence-corrected chi connectivity index (χ0v) is 11.8. The van der Waals surface area contributed by atoms with Crippen LogP contribution in [0.1, 0.15) is 23.0 Å². The van der Waals surface area contributed by atoms with Crippen LogP contribution in [0.3, 0.4) is 0 Å². The highest BCUT2D eigenvalue weighted by Gasteiger charge is 2.17. The summed E-state index contributed by atoms with van der Waals surface area (Å²) in [4.78, 5) is 23.7. The van der Waals surface area contributed by atoms with Crippen LogP contribution < -0.4 is 5.43 Å². The van der Waals surface area contributed by atoms with Gasteiger partial charge in [0.25, 0.3) is 0 Å². The lowest BCUT2D eigenvalue weighted by atomic mass is 10.2. The molecule has 104 valence electrons. The molecule has 0 aliphatic heterocycles. The van der Waals surface area contributed by atoms with E-state index in [0.717, 1.165) is 0 Å². The number of methoxy groups -OCH3 is 1. The first kappa shape index (κ1) is 14.3. The number of aryl methyl sites for hydroxylation is 1. The van der Waals surface area contributed by atoms with Crippen molar-refractivity contribution in [3.8, 4) is 5.69 Å². The molecule has 0 bridgehead atoms. The minimum atomic E-state index is -0.749. The fraction of sp³-hybridized carbons (Fsp3) is 0.214. The molecule has 6 heteroatoms. The molecule has 2 aromatic rings. The Morgan fingerprint density at radius 1 is 1.45 bits per heavy atom. The Morgan fingerprint density at radius 3 is 2.80 bits per heavy atom. The second kappa shape index (κ2) is 5.88. The van der Waals surface area contributed by atoms with Crippen molar-refractivity contribution >= 4 is 17.6 Å². The van der Waals surface area contributed by atoms with Crippen LogP contribution >= 0.6 is 11.6 Å². The van der Waals surface area contributed by atoms with E-state index in [1.54, 1.807) is 30.5 Å². The maximum atomic E-state index is 12.0. The average Bonchev–Trinajstić information content (AvgIpc) is 2.46. The first-order chi connectivity index (χ1) is 9.56. The van der Waals surface area contributed by atoms with Gasteiger partial charge in [0.15, 0.2) is 0 Å². The van der Waals surface area contributed by atoms with E-state index >= 15 is 0 Å². The molecule has 1 aromatic carbocycles. The van der Waals surface area contributed by atoms with Gasteiger partial charge < -0.3 is 4.74 Å². The number of carbonyl (C=O) groups is 1. The van der Waals surface area contributed by atoms with Gasteiger partial charge in [0, 0.05) is 16.8 Å². The van der Waals surface area contributed by atoms with Gasteiger partial charge in [-0.05, 0) is 24.6 Å². The molecular formula is C14H13ClN2O3. The summed E-state index contributed by atoms with van der Waals surface area (Å²) in [7, 11) is 1.21. The number of esters is 1. The third kappa shape index (κ3) is 2.72. The summed E-state index contributed by atoms with van der Waals surface area (Å²) in [5, 5.41) is 4.58. The van der Waals surface area contributed by atoms with Crippen molar-refractivity contribution in [1.82, 2.24) is 9.78 Å². The van der Waals surface area contributed by atoms with Gasteiger partial charge >= 0.3 is 5.97 Å². The summed E-state index contributed by atoms with van der Waals surface area (Å²) < 4.78 is 6.05. The highest BCUT2D eigenvalue weighted by atomic mass is 35.5. The lowest BCUT2D eigenvalue weighted by Gasteiger charge is -2.09. The normalized spacial score (nSPS) is 10.3. The van der Waals surface area contributed by atoms with Crippen LogP contribution in [0.15, 0.2) is 35.3 Å². The predicted molar refractivity (Wildman–Crippen MR) is 75.6 cm³/mol. The van der Waals surface area contributed by atoms with E-state index in [-0.39, 0.29) is 5.69 Å². The lowest BCUT2D eigenvalue weighted by Crippen LogP contribution is -2.25. The van der Waals surface area contributed by atoms with Crippen molar-refractivity contribution in [3.05, 3.63) is 57.0 Å². The van der Waals surface area contributed by atoms with E-state index in [1.165, 1.54) is 11.8 Å².